The number of anilines is 2. The van der Waals surface area contributed by atoms with Gasteiger partial charge in [0.1, 0.15) is 5.82 Å². The number of aliphatic hydroxyl groups is 1. The highest BCUT2D eigenvalue weighted by atomic mass is 35.5. The van der Waals surface area contributed by atoms with Gasteiger partial charge in [-0.15, -0.1) is 0 Å². The van der Waals surface area contributed by atoms with Crippen LogP contribution in [0.2, 0.25) is 5.02 Å². The number of piperazine rings is 1. The molecule has 0 aromatic heterocycles. The van der Waals surface area contributed by atoms with Crippen molar-refractivity contribution in [1.82, 2.24) is 9.80 Å². The molecule has 2 saturated heterocycles. The average molecular weight is 572 g/mol. The zero-order valence-corrected chi connectivity index (χ0v) is 21.8. The first-order valence-electron chi connectivity index (χ1n) is 12.6. The minimum atomic E-state index is -4.21. The molecule has 212 valence electrons. The van der Waals surface area contributed by atoms with Gasteiger partial charge in [-0.05, 0) is 48.7 Å². The zero-order chi connectivity index (χ0) is 28.3. The number of likely N-dealkylation sites (tertiary alicyclic amines) is 1. The zero-order valence-electron chi connectivity index (χ0n) is 21.1. The van der Waals surface area contributed by atoms with Crippen LogP contribution < -0.4 is 16.0 Å². The predicted molar refractivity (Wildman–Crippen MR) is 140 cm³/mol. The number of hydrogen-bond donors (Lipinski definition) is 3. The molecule has 3 amide bonds. The van der Waals surface area contributed by atoms with Crippen LogP contribution in [0.3, 0.4) is 0 Å². The largest absolute Gasteiger partial charge is 0.391 e. The second kappa shape index (κ2) is 12.0. The van der Waals surface area contributed by atoms with Gasteiger partial charge in [0.2, 0.25) is 0 Å². The van der Waals surface area contributed by atoms with E-state index in [1.54, 1.807) is 29.2 Å². The first-order chi connectivity index (χ1) is 18.4. The van der Waals surface area contributed by atoms with Crippen LogP contribution in [0.4, 0.5) is 33.7 Å². The second-order valence-electron chi connectivity index (χ2n) is 9.78. The molecule has 39 heavy (non-hydrogen) atoms. The molecule has 0 saturated carbocycles. The van der Waals surface area contributed by atoms with Crippen LogP contribution in [-0.4, -0.2) is 84.4 Å². The summed E-state index contributed by atoms with van der Waals surface area (Å²) in [5, 5.41) is 13.3. The predicted octanol–water partition coefficient (Wildman–Crippen LogP) is 3.86. The van der Waals surface area contributed by atoms with Crippen molar-refractivity contribution in [3.8, 4) is 0 Å². The fourth-order valence-corrected chi connectivity index (χ4v) is 5.19. The van der Waals surface area contributed by atoms with Gasteiger partial charge < -0.3 is 26.0 Å². The maximum Gasteiger partial charge on any atom is 0.390 e. The Labute approximate surface area is 228 Å². The number of alkyl halides is 3. The number of carbonyl (C=O) groups is 2. The summed E-state index contributed by atoms with van der Waals surface area (Å²) in [5.74, 6) is -1.46. The van der Waals surface area contributed by atoms with Crippen LogP contribution >= 0.6 is 11.6 Å². The van der Waals surface area contributed by atoms with E-state index in [0.717, 1.165) is 0 Å². The van der Waals surface area contributed by atoms with Crippen LogP contribution in [-0.2, 0) is 6.42 Å². The molecule has 4 rings (SSSR count). The third-order valence-electron chi connectivity index (χ3n) is 7.15. The number of hydrogen-bond acceptors (Lipinski definition) is 5. The van der Waals surface area contributed by atoms with E-state index in [0.29, 0.717) is 61.1 Å². The van der Waals surface area contributed by atoms with Gasteiger partial charge in [0.05, 0.1) is 35.5 Å². The van der Waals surface area contributed by atoms with Gasteiger partial charge in [-0.1, -0.05) is 17.7 Å². The lowest BCUT2D eigenvalue weighted by Crippen LogP contribution is -2.47. The summed E-state index contributed by atoms with van der Waals surface area (Å²) < 4.78 is 52.7. The summed E-state index contributed by atoms with van der Waals surface area (Å²) in [7, 11) is 0. The Kier molecular flexibility index (Phi) is 8.87. The van der Waals surface area contributed by atoms with E-state index in [-0.39, 0.29) is 18.5 Å². The van der Waals surface area contributed by atoms with Crippen molar-refractivity contribution >= 4 is 34.9 Å². The Morgan fingerprint density at radius 1 is 1.08 bits per heavy atom. The SMILES string of the molecule is NC(=O)N1CCC(O)C1Cc1ccc(C(=O)Nc2ccc(Cl)cc2N2CCN(CCC(F)(F)F)CC2)c(F)c1. The summed E-state index contributed by atoms with van der Waals surface area (Å²) in [4.78, 5) is 29.6. The van der Waals surface area contributed by atoms with Gasteiger partial charge >= 0.3 is 12.2 Å². The Morgan fingerprint density at radius 3 is 2.44 bits per heavy atom. The monoisotopic (exact) mass is 571 g/mol. The lowest BCUT2D eigenvalue weighted by molar-refractivity contribution is -0.138. The van der Waals surface area contributed by atoms with Crippen LogP contribution in [0.25, 0.3) is 0 Å². The highest BCUT2D eigenvalue weighted by molar-refractivity contribution is 6.31. The summed E-state index contributed by atoms with van der Waals surface area (Å²) >= 11 is 6.19. The average Bonchev–Trinajstić information content (AvgIpc) is 3.24. The highest BCUT2D eigenvalue weighted by Gasteiger charge is 2.35. The van der Waals surface area contributed by atoms with Crippen molar-refractivity contribution < 1.29 is 32.3 Å². The molecule has 2 fully saturated rings. The van der Waals surface area contributed by atoms with Crippen LogP contribution in [0.1, 0.15) is 28.8 Å². The Hall–Kier alpha value is -3.09. The summed E-state index contributed by atoms with van der Waals surface area (Å²) in [5.41, 5.74) is 6.65. The molecule has 2 aromatic carbocycles. The van der Waals surface area contributed by atoms with Gasteiger partial charge in [-0.25, -0.2) is 9.18 Å². The molecule has 2 aliphatic heterocycles. The smallest absolute Gasteiger partial charge is 0.390 e. The van der Waals surface area contributed by atoms with Crippen molar-refractivity contribution in [3.05, 3.63) is 58.4 Å². The molecular formula is C26H30ClF4N5O3. The van der Waals surface area contributed by atoms with E-state index in [1.165, 1.54) is 17.0 Å². The van der Waals surface area contributed by atoms with Gasteiger partial charge in [0.15, 0.2) is 0 Å². The summed E-state index contributed by atoms with van der Waals surface area (Å²) in [6, 6.07) is 7.69. The lowest BCUT2D eigenvalue weighted by atomic mass is 10.0. The number of rotatable bonds is 7. The molecule has 2 aliphatic rings. The number of nitrogens with zero attached hydrogens (tertiary/aromatic N) is 3. The number of halogens is 5. The van der Waals surface area contributed by atoms with E-state index in [1.807, 2.05) is 4.90 Å². The number of carbonyl (C=O) groups excluding carboxylic acids is 2. The van der Waals surface area contributed by atoms with Crippen LogP contribution in [0.5, 0.6) is 0 Å². The number of aliphatic hydroxyl groups excluding tert-OH is 1. The number of urea groups is 1. The standard InChI is InChI=1S/C26H30ClF4N5O3/c27-17-2-4-20(21(15-17)35-11-9-34(10-12-35)8-6-26(29,30)31)33-24(38)18-3-1-16(13-19(18)28)14-22-23(37)5-7-36(22)25(32)39/h1-4,13,15,22-23,37H,5-12,14H2,(H2,32,39)(H,33,38). The molecule has 0 bridgehead atoms. The molecule has 2 unspecified atom stereocenters. The molecule has 0 spiro atoms. The van der Waals surface area contributed by atoms with Crippen LogP contribution in [0, 0.1) is 5.82 Å². The molecule has 13 heteroatoms. The first-order valence-corrected chi connectivity index (χ1v) is 13.0. The van der Waals surface area contributed by atoms with E-state index < -0.39 is 42.5 Å². The number of amides is 3. The molecule has 0 radical (unpaired) electrons. The van der Waals surface area contributed by atoms with Crippen molar-refractivity contribution in [2.75, 3.05) is 49.5 Å². The van der Waals surface area contributed by atoms with E-state index in [4.69, 9.17) is 17.3 Å². The Bertz CT molecular complexity index is 1210. The second-order valence-corrected chi connectivity index (χ2v) is 10.2. The van der Waals surface area contributed by atoms with Crippen molar-refractivity contribution in [2.24, 2.45) is 5.73 Å². The van der Waals surface area contributed by atoms with Gasteiger partial charge in [0, 0.05) is 44.3 Å². The Morgan fingerprint density at radius 2 is 1.79 bits per heavy atom. The first kappa shape index (κ1) is 28.9. The minimum Gasteiger partial charge on any atom is -0.391 e. The minimum absolute atomic E-state index is 0.0774. The number of nitrogens with one attached hydrogen (secondary N) is 1. The lowest BCUT2D eigenvalue weighted by Gasteiger charge is -2.37. The third kappa shape index (κ3) is 7.31. The van der Waals surface area contributed by atoms with E-state index in [9.17, 15) is 27.9 Å². The van der Waals surface area contributed by atoms with E-state index >= 15 is 4.39 Å². The maximum atomic E-state index is 15.0. The normalized spacial score (nSPS) is 20.4. The number of nitrogens with two attached hydrogens (primary N) is 1. The number of primary amides is 1. The van der Waals surface area contributed by atoms with Crippen molar-refractivity contribution in [3.63, 3.8) is 0 Å². The van der Waals surface area contributed by atoms with Crippen LogP contribution in [0.15, 0.2) is 36.4 Å². The fraction of sp³-hybridized carbons (Fsp3) is 0.462. The highest BCUT2D eigenvalue weighted by Crippen LogP contribution is 2.31. The van der Waals surface area contributed by atoms with Gasteiger partial charge in [0.25, 0.3) is 5.91 Å². The summed E-state index contributed by atoms with van der Waals surface area (Å²) in [6.45, 7) is 1.92. The molecular weight excluding hydrogens is 542 g/mol. The van der Waals surface area contributed by atoms with Crippen molar-refractivity contribution in [2.45, 2.75) is 37.6 Å². The molecule has 2 atom stereocenters. The summed E-state index contributed by atoms with van der Waals surface area (Å²) in [6.07, 6.45) is -5.31. The Balaban J connectivity index is 1.43. The number of benzene rings is 2. The van der Waals surface area contributed by atoms with E-state index in [2.05, 4.69) is 5.32 Å². The van der Waals surface area contributed by atoms with Gasteiger partial charge in [-0.3, -0.25) is 9.69 Å². The van der Waals surface area contributed by atoms with Crippen molar-refractivity contribution in [1.29, 1.82) is 0 Å². The van der Waals surface area contributed by atoms with Gasteiger partial charge in [-0.2, -0.15) is 13.2 Å². The molecule has 8 nitrogen and oxygen atoms in total. The quantitative estimate of drug-likeness (QED) is 0.438. The molecule has 4 N–H and O–H groups in total. The molecule has 2 aromatic rings. The third-order valence-corrected chi connectivity index (χ3v) is 7.38. The topological polar surface area (TPSA) is 102 Å². The maximum absolute atomic E-state index is 15.0. The fourth-order valence-electron chi connectivity index (χ4n) is 5.03. The molecule has 2 heterocycles. The molecule has 0 aliphatic carbocycles.